The van der Waals surface area contributed by atoms with Crippen molar-refractivity contribution in [2.75, 3.05) is 5.32 Å². The number of aryl methyl sites for hydroxylation is 1. The van der Waals surface area contributed by atoms with Gasteiger partial charge in [0.15, 0.2) is 17.2 Å². The van der Waals surface area contributed by atoms with Crippen LogP contribution in [0.1, 0.15) is 43.7 Å². The molecule has 1 N–H and O–H groups in total. The number of halogens is 1. The third-order valence-electron chi connectivity index (χ3n) is 6.02. The van der Waals surface area contributed by atoms with Crippen molar-refractivity contribution >= 4 is 32.7 Å². The van der Waals surface area contributed by atoms with Crippen molar-refractivity contribution < 1.29 is 22.3 Å². The summed E-state index contributed by atoms with van der Waals surface area (Å²) in [5, 5.41) is 3.08. The topological polar surface area (TPSA) is 90.3 Å². The van der Waals surface area contributed by atoms with Gasteiger partial charge in [0.1, 0.15) is 5.75 Å². The highest BCUT2D eigenvalue weighted by Gasteiger charge is 2.32. The van der Waals surface area contributed by atoms with E-state index < -0.39 is 15.8 Å². The van der Waals surface area contributed by atoms with Crippen LogP contribution in [0.4, 0.5) is 10.1 Å². The second kappa shape index (κ2) is 8.81. The van der Waals surface area contributed by atoms with Gasteiger partial charge in [-0.05, 0) is 66.6 Å². The zero-order valence-electron chi connectivity index (χ0n) is 19.3. The number of pyridine rings is 1. The van der Waals surface area contributed by atoms with Crippen LogP contribution in [-0.4, -0.2) is 23.3 Å². The Morgan fingerprint density at radius 2 is 1.89 bits per heavy atom. The van der Waals surface area contributed by atoms with Crippen LogP contribution in [0.3, 0.4) is 0 Å². The molecular weight excluding hydrogens is 469 g/mol. The Labute approximate surface area is 202 Å². The summed E-state index contributed by atoms with van der Waals surface area (Å²) in [6, 6.07) is 12.5. The molecule has 1 fully saturated rings. The first-order valence-electron chi connectivity index (χ1n) is 11.4. The van der Waals surface area contributed by atoms with Crippen molar-refractivity contribution in [1.29, 1.82) is 0 Å². The largest absolute Gasteiger partial charge is 0.453 e. The summed E-state index contributed by atoms with van der Waals surface area (Å²) < 4.78 is 48.9. The molecule has 7 nitrogen and oxygen atoms in total. The molecule has 0 saturated heterocycles. The molecule has 0 radical (unpaired) electrons. The standard InChI is InChI=1S/C26H24FN3O4S/c1-3-17-4-9-20(10-5-17)35(32,33)30-15-21(18-6-7-18)25-24(12-13-28-26(25)30)34-23-11-8-19(14-22(23)27)29-16(2)31/h4-5,8-15,18H,3,6-7H2,1-2H3,(H,29,31). The van der Waals surface area contributed by atoms with Crippen LogP contribution in [0.25, 0.3) is 11.0 Å². The van der Waals surface area contributed by atoms with Crippen LogP contribution in [-0.2, 0) is 21.2 Å². The first-order chi connectivity index (χ1) is 16.8. The van der Waals surface area contributed by atoms with Gasteiger partial charge in [0.25, 0.3) is 10.0 Å². The fraction of sp³-hybridized carbons (Fsp3) is 0.231. The minimum Gasteiger partial charge on any atom is -0.453 e. The van der Waals surface area contributed by atoms with E-state index in [1.807, 2.05) is 6.92 Å². The minimum absolute atomic E-state index is 0.0425. The molecule has 2 aromatic carbocycles. The van der Waals surface area contributed by atoms with Crippen LogP contribution >= 0.6 is 0 Å². The van der Waals surface area contributed by atoms with Gasteiger partial charge < -0.3 is 10.1 Å². The Hall–Kier alpha value is -3.72. The summed E-state index contributed by atoms with van der Waals surface area (Å²) in [6.07, 6.45) is 5.73. The van der Waals surface area contributed by atoms with E-state index in [2.05, 4.69) is 10.3 Å². The van der Waals surface area contributed by atoms with Gasteiger partial charge in [0, 0.05) is 31.1 Å². The summed E-state index contributed by atoms with van der Waals surface area (Å²) >= 11 is 0. The van der Waals surface area contributed by atoms with Gasteiger partial charge >= 0.3 is 0 Å². The first-order valence-corrected chi connectivity index (χ1v) is 12.8. The van der Waals surface area contributed by atoms with Crippen LogP contribution in [0.15, 0.2) is 65.8 Å². The maximum absolute atomic E-state index is 14.7. The predicted molar refractivity (Wildman–Crippen MR) is 131 cm³/mol. The van der Waals surface area contributed by atoms with E-state index in [1.165, 1.54) is 35.3 Å². The molecule has 0 aliphatic heterocycles. The number of hydrogen-bond acceptors (Lipinski definition) is 5. The third-order valence-corrected chi connectivity index (χ3v) is 7.69. The van der Waals surface area contributed by atoms with Gasteiger partial charge in [-0.15, -0.1) is 0 Å². The lowest BCUT2D eigenvalue weighted by Crippen LogP contribution is -2.12. The second-order valence-corrected chi connectivity index (χ2v) is 10.4. The molecule has 0 atom stereocenters. The van der Waals surface area contributed by atoms with E-state index in [-0.39, 0.29) is 28.1 Å². The average molecular weight is 494 g/mol. The van der Waals surface area contributed by atoms with Crippen molar-refractivity contribution in [3.05, 3.63) is 77.9 Å². The van der Waals surface area contributed by atoms with Gasteiger partial charge in [-0.25, -0.2) is 21.8 Å². The molecule has 4 aromatic rings. The van der Waals surface area contributed by atoms with E-state index in [1.54, 1.807) is 36.5 Å². The summed E-state index contributed by atoms with van der Waals surface area (Å²) in [5.41, 5.74) is 2.40. The van der Waals surface area contributed by atoms with Gasteiger partial charge in [0.2, 0.25) is 5.91 Å². The lowest BCUT2D eigenvalue weighted by Gasteiger charge is -2.11. The molecular formula is C26H24FN3O4S. The quantitative estimate of drug-likeness (QED) is 0.362. The monoisotopic (exact) mass is 493 g/mol. The number of nitrogens with one attached hydrogen (secondary N) is 1. The van der Waals surface area contributed by atoms with E-state index >= 15 is 0 Å². The number of benzene rings is 2. The molecule has 9 heteroatoms. The molecule has 5 rings (SSSR count). The molecule has 0 spiro atoms. The summed E-state index contributed by atoms with van der Waals surface area (Å²) in [6.45, 7) is 3.35. The number of carbonyl (C=O) groups is 1. The summed E-state index contributed by atoms with van der Waals surface area (Å²) in [4.78, 5) is 15.8. The molecule has 35 heavy (non-hydrogen) atoms. The lowest BCUT2D eigenvalue weighted by atomic mass is 10.1. The Bertz CT molecular complexity index is 1540. The fourth-order valence-corrected chi connectivity index (χ4v) is 5.42. The van der Waals surface area contributed by atoms with E-state index in [4.69, 9.17) is 4.74 Å². The molecule has 1 saturated carbocycles. The Kier molecular flexibility index (Phi) is 5.80. The van der Waals surface area contributed by atoms with Crippen molar-refractivity contribution in [2.24, 2.45) is 0 Å². The summed E-state index contributed by atoms with van der Waals surface area (Å²) in [7, 11) is -3.91. The average Bonchev–Trinajstić information content (AvgIpc) is 3.60. The van der Waals surface area contributed by atoms with Crippen LogP contribution in [0.2, 0.25) is 0 Å². The van der Waals surface area contributed by atoms with Crippen molar-refractivity contribution in [1.82, 2.24) is 8.96 Å². The predicted octanol–water partition coefficient (Wildman–Crippen LogP) is 5.60. The fourth-order valence-electron chi connectivity index (χ4n) is 4.09. The first kappa shape index (κ1) is 23.0. The SMILES string of the molecule is CCc1ccc(S(=O)(=O)n2cc(C3CC3)c3c(Oc4ccc(NC(C)=O)cc4F)ccnc32)cc1. The highest BCUT2D eigenvalue weighted by Crippen LogP contribution is 2.47. The van der Waals surface area contributed by atoms with E-state index in [0.717, 1.165) is 30.4 Å². The maximum Gasteiger partial charge on any atom is 0.269 e. The number of nitrogens with zero attached hydrogens (tertiary/aromatic N) is 2. The number of hydrogen-bond donors (Lipinski definition) is 1. The number of carbonyl (C=O) groups excluding carboxylic acids is 1. The van der Waals surface area contributed by atoms with Crippen LogP contribution in [0, 0.1) is 5.82 Å². The smallest absolute Gasteiger partial charge is 0.269 e. The van der Waals surface area contributed by atoms with Crippen molar-refractivity contribution in [2.45, 2.75) is 43.9 Å². The molecule has 1 aliphatic carbocycles. The molecule has 1 amide bonds. The Balaban J connectivity index is 1.59. The number of aromatic nitrogens is 2. The van der Waals surface area contributed by atoms with Gasteiger partial charge in [-0.2, -0.15) is 0 Å². The lowest BCUT2D eigenvalue weighted by molar-refractivity contribution is -0.114. The molecule has 0 unspecified atom stereocenters. The number of anilines is 1. The highest BCUT2D eigenvalue weighted by molar-refractivity contribution is 7.90. The second-order valence-electron chi connectivity index (χ2n) is 8.59. The third kappa shape index (κ3) is 4.39. The Morgan fingerprint density at radius 1 is 1.14 bits per heavy atom. The number of ether oxygens (including phenoxy) is 1. The van der Waals surface area contributed by atoms with Crippen molar-refractivity contribution in [3.63, 3.8) is 0 Å². The van der Waals surface area contributed by atoms with Gasteiger partial charge in [0.05, 0.1) is 10.3 Å². The number of rotatable bonds is 7. The molecule has 2 aromatic heterocycles. The van der Waals surface area contributed by atoms with Crippen molar-refractivity contribution in [3.8, 4) is 11.5 Å². The van der Waals surface area contributed by atoms with E-state index in [0.29, 0.717) is 16.8 Å². The zero-order valence-corrected chi connectivity index (χ0v) is 20.1. The van der Waals surface area contributed by atoms with Gasteiger partial charge in [-0.3, -0.25) is 4.79 Å². The van der Waals surface area contributed by atoms with Crippen LogP contribution < -0.4 is 10.1 Å². The molecule has 180 valence electrons. The molecule has 1 aliphatic rings. The normalized spacial score (nSPS) is 13.7. The zero-order chi connectivity index (χ0) is 24.7. The number of fused-ring (bicyclic) bond motifs is 1. The minimum atomic E-state index is -3.91. The van der Waals surface area contributed by atoms with Gasteiger partial charge in [-0.1, -0.05) is 19.1 Å². The number of amides is 1. The summed E-state index contributed by atoms with van der Waals surface area (Å²) in [5.74, 6) is -0.500. The van der Waals surface area contributed by atoms with E-state index in [9.17, 15) is 17.6 Å². The maximum atomic E-state index is 14.7. The molecule has 0 bridgehead atoms. The molecule has 2 heterocycles. The Morgan fingerprint density at radius 3 is 2.51 bits per heavy atom. The highest BCUT2D eigenvalue weighted by atomic mass is 32.2. The van der Waals surface area contributed by atoms with Crippen LogP contribution in [0.5, 0.6) is 11.5 Å².